The van der Waals surface area contributed by atoms with Crippen molar-refractivity contribution in [3.63, 3.8) is 0 Å². The summed E-state index contributed by atoms with van der Waals surface area (Å²) in [5, 5.41) is 24.5. The number of halogens is 6. The third-order valence-corrected chi connectivity index (χ3v) is 10.1. The van der Waals surface area contributed by atoms with Crippen molar-refractivity contribution in [3.05, 3.63) is 71.8 Å². The van der Waals surface area contributed by atoms with E-state index in [1.54, 1.807) is 36.4 Å². The third kappa shape index (κ3) is 22.1. The van der Waals surface area contributed by atoms with Gasteiger partial charge in [-0.05, 0) is 85.8 Å². The Balaban J connectivity index is 0.000000274. The molecule has 0 saturated carbocycles. The van der Waals surface area contributed by atoms with E-state index in [9.17, 15) is 35.9 Å². The van der Waals surface area contributed by atoms with Crippen molar-refractivity contribution >= 4 is 43.0 Å². The fourth-order valence-corrected chi connectivity index (χ4v) is 7.27. The highest BCUT2D eigenvalue weighted by molar-refractivity contribution is 7.45. The van der Waals surface area contributed by atoms with E-state index < -0.39 is 32.5 Å². The zero-order valence-corrected chi connectivity index (χ0v) is 38.2. The van der Waals surface area contributed by atoms with E-state index in [2.05, 4.69) is 40.0 Å². The van der Waals surface area contributed by atoms with Crippen LogP contribution >= 0.6 is 7.82 Å². The number of aliphatic carboxylic acids is 2. The fraction of sp³-hybridized carbons (Fsp3) is 0.476. The molecule has 0 bridgehead atoms. The van der Waals surface area contributed by atoms with Gasteiger partial charge in [-0.25, -0.2) is 4.57 Å². The number of nitrogens with one attached hydrogen (secondary N) is 2. The summed E-state index contributed by atoms with van der Waals surface area (Å²) >= 11 is 0. The number of hydrogen-bond donors (Lipinski definition) is 7. The number of alkyl halides is 6. The summed E-state index contributed by atoms with van der Waals surface area (Å²) in [7, 11) is -1.70. The highest BCUT2D eigenvalue weighted by Crippen LogP contribution is 2.30. The van der Waals surface area contributed by atoms with Crippen LogP contribution in [0.15, 0.2) is 60.7 Å². The van der Waals surface area contributed by atoms with Crippen molar-refractivity contribution in [3.8, 4) is 23.5 Å². The van der Waals surface area contributed by atoms with Gasteiger partial charge in [-0.1, -0.05) is 24.3 Å². The number of aromatic nitrogens is 4. The molecule has 2 saturated heterocycles. The quantitative estimate of drug-likeness (QED) is 0.0412. The summed E-state index contributed by atoms with van der Waals surface area (Å²) < 4.78 is 101. The molecule has 2 fully saturated rings. The molecule has 0 unspecified atom stereocenters. The lowest BCUT2D eigenvalue weighted by Crippen LogP contribution is -2.37. The zero-order valence-electron chi connectivity index (χ0n) is 37.3. The molecule has 2 atom stereocenters. The molecule has 2 aliphatic rings. The van der Waals surface area contributed by atoms with E-state index >= 15 is 0 Å². The lowest BCUT2D eigenvalue weighted by atomic mass is 9.95. The van der Waals surface area contributed by atoms with Gasteiger partial charge < -0.3 is 64.3 Å². The van der Waals surface area contributed by atoms with Gasteiger partial charge in [0, 0.05) is 64.2 Å². The van der Waals surface area contributed by atoms with Crippen LogP contribution < -0.4 is 39.4 Å². The van der Waals surface area contributed by atoms with E-state index in [4.69, 9.17) is 38.9 Å². The first kappa shape index (κ1) is 55.2. The molecular weight excluding hydrogens is 953 g/mol. The van der Waals surface area contributed by atoms with Gasteiger partial charge in [0.05, 0.1) is 14.2 Å². The minimum atomic E-state index is -4.71. The summed E-state index contributed by atoms with van der Waals surface area (Å²) in [6.07, 6.45) is -4.60. The Morgan fingerprint density at radius 1 is 0.652 bits per heavy atom. The Hall–Kier alpha value is -6.37. The van der Waals surface area contributed by atoms with E-state index in [-0.39, 0.29) is 48.2 Å². The van der Waals surface area contributed by atoms with Crippen LogP contribution in [0.4, 0.5) is 49.6 Å². The van der Waals surface area contributed by atoms with Crippen molar-refractivity contribution in [2.45, 2.75) is 64.1 Å². The van der Waals surface area contributed by atoms with Crippen LogP contribution in [0, 0.1) is 11.8 Å². The van der Waals surface area contributed by atoms with Gasteiger partial charge in [0.25, 0.3) is 0 Å². The lowest BCUT2D eigenvalue weighted by molar-refractivity contribution is -0.275. The number of ether oxygens (including phenoxy) is 4. The first-order chi connectivity index (χ1) is 32.4. The van der Waals surface area contributed by atoms with Gasteiger partial charge in [0.1, 0.15) is 34.8 Å². The van der Waals surface area contributed by atoms with Crippen molar-refractivity contribution in [1.29, 1.82) is 0 Å². The molecule has 0 spiro atoms. The maximum atomic E-state index is 12.3. The number of carboxylic acids is 2. The lowest BCUT2D eigenvalue weighted by Gasteiger charge is -2.33. The molecule has 380 valence electrons. The molecule has 2 aromatic carbocycles. The first-order valence-electron chi connectivity index (χ1n) is 21.2. The monoisotopic (exact) mass is 1010 g/mol. The number of benzene rings is 2. The van der Waals surface area contributed by atoms with Gasteiger partial charge in [-0.2, -0.15) is 19.9 Å². The normalized spacial score (nSPS) is 16.2. The average molecular weight is 1010 g/mol. The number of methoxy groups -OCH3 is 2. The zero-order chi connectivity index (χ0) is 50.8. The van der Waals surface area contributed by atoms with Crippen molar-refractivity contribution in [1.82, 2.24) is 19.9 Å². The number of rotatable bonds is 18. The molecule has 6 rings (SSSR count). The van der Waals surface area contributed by atoms with Crippen LogP contribution in [0.3, 0.4) is 0 Å². The second-order valence-corrected chi connectivity index (χ2v) is 16.6. The number of carbonyl (C=O) groups is 2. The maximum Gasteiger partial charge on any atom is 0.573 e. The van der Waals surface area contributed by atoms with Crippen LogP contribution in [-0.2, 0) is 27.0 Å². The molecular formula is C42H53F6N8O12P. The van der Waals surface area contributed by atoms with Crippen LogP contribution in [0.25, 0.3) is 0 Å². The smallest absolute Gasteiger partial charge is 0.481 e. The number of anilines is 4. The van der Waals surface area contributed by atoms with Crippen molar-refractivity contribution in [2.75, 3.05) is 73.9 Å². The Morgan fingerprint density at radius 3 is 1.30 bits per heavy atom. The molecule has 0 aliphatic carbocycles. The second kappa shape index (κ2) is 25.8. The Kier molecular flexibility index (Phi) is 20.7. The van der Waals surface area contributed by atoms with E-state index in [0.29, 0.717) is 62.3 Å². The highest BCUT2D eigenvalue weighted by atomic mass is 31.2. The van der Waals surface area contributed by atoms with Crippen molar-refractivity contribution < 1.29 is 84.3 Å². The summed E-state index contributed by atoms with van der Waals surface area (Å²) in [6, 6.07) is 15.4. The average Bonchev–Trinajstić information content (AvgIpc) is 3.26. The third-order valence-electron chi connectivity index (χ3n) is 10.1. The molecule has 2 aromatic heterocycles. The molecule has 69 heavy (non-hydrogen) atoms. The van der Waals surface area contributed by atoms with Gasteiger partial charge >= 0.3 is 44.5 Å². The van der Waals surface area contributed by atoms with E-state index in [0.717, 1.165) is 49.9 Å². The maximum absolute atomic E-state index is 12.3. The molecule has 0 amide bonds. The van der Waals surface area contributed by atoms with Gasteiger partial charge in [-0.3, -0.25) is 9.59 Å². The van der Waals surface area contributed by atoms with Gasteiger partial charge in [-0.15, -0.1) is 26.3 Å². The summed E-state index contributed by atoms with van der Waals surface area (Å²) in [6.45, 7) is 3.70. The topological polar surface area (TPSA) is 271 Å². The van der Waals surface area contributed by atoms with Crippen LogP contribution in [0.2, 0.25) is 0 Å². The summed E-state index contributed by atoms with van der Waals surface area (Å²) in [4.78, 5) is 65.1. The molecule has 0 radical (unpaired) electrons. The number of carboxylic acid groups (broad SMARTS) is 2. The van der Waals surface area contributed by atoms with Crippen LogP contribution in [0.5, 0.6) is 23.5 Å². The Labute approximate surface area is 391 Å². The molecule has 4 heterocycles. The molecule has 4 aromatic rings. The number of phosphoric acid groups is 1. The minimum Gasteiger partial charge on any atom is -0.481 e. The number of piperidine rings is 2. The molecule has 7 N–H and O–H groups in total. The second-order valence-electron chi connectivity index (χ2n) is 15.6. The Bertz CT molecular complexity index is 2140. The largest absolute Gasteiger partial charge is 0.573 e. The first-order valence-corrected chi connectivity index (χ1v) is 22.7. The standard InChI is InChI=1S/2C21H25F3N4O4.H3O4P/c2*1-31-20-26-17(12-18(27-20)28-10-2-3-15(13-28)11-19(29)30)25-9-8-14-4-6-16(7-5-14)32-21(22,23)24;1-5(2,3)4/h2*4-7,12,15H,2-3,8-11,13H2,1H3,(H,29,30)(H,25,26,27);(H3,1,2,3,4)/t2*15-;/m00./s1. The predicted octanol–water partition coefficient (Wildman–Crippen LogP) is 6.53. The van der Waals surface area contributed by atoms with Crippen molar-refractivity contribution in [2.24, 2.45) is 11.8 Å². The molecule has 20 nitrogen and oxygen atoms in total. The van der Waals surface area contributed by atoms with Gasteiger partial charge in [0.2, 0.25) is 0 Å². The minimum absolute atomic E-state index is 0.0583. The fourth-order valence-electron chi connectivity index (χ4n) is 7.27. The predicted molar refractivity (Wildman–Crippen MR) is 236 cm³/mol. The summed E-state index contributed by atoms with van der Waals surface area (Å²) in [5.74, 6) is 0.379. The van der Waals surface area contributed by atoms with Crippen LogP contribution in [-0.4, -0.2) is 123 Å². The van der Waals surface area contributed by atoms with Crippen LogP contribution in [0.1, 0.15) is 49.7 Å². The molecule has 27 heteroatoms. The molecule has 2 aliphatic heterocycles. The number of nitrogens with zero attached hydrogens (tertiary/aromatic N) is 6. The Morgan fingerprint density at radius 2 is 1.00 bits per heavy atom. The van der Waals surface area contributed by atoms with E-state index in [1.807, 2.05) is 9.80 Å². The van der Waals surface area contributed by atoms with E-state index in [1.165, 1.54) is 38.5 Å². The van der Waals surface area contributed by atoms with Gasteiger partial charge in [0.15, 0.2) is 0 Å². The highest BCUT2D eigenvalue weighted by Gasteiger charge is 2.32. The number of hydrogen-bond acceptors (Lipinski definition) is 15. The summed E-state index contributed by atoms with van der Waals surface area (Å²) in [5.41, 5.74) is 1.67. The SMILES string of the molecule is COc1nc(NCCc2ccc(OC(F)(F)F)cc2)cc(N2CCC[C@@H](CC(=O)O)C2)n1.COc1nc(NCCc2ccc(OC(F)(F)F)cc2)cc(N2CCC[C@@H](CC(=O)O)C2)n1.O=P(O)(O)O.